The van der Waals surface area contributed by atoms with Crippen LogP contribution in [0.3, 0.4) is 0 Å². The van der Waals surface area contributed by atoms with Crippen LogP contribution >= 0.6 is 0 Å². The van der Waals surface area contributed by atoms with Crippen molar-refractivity contribution in [2.24, 2.45) is 11.8 Å². The fourth-order valence-electron chi connectivity index (χ4n) is 2.34. The largest absolute Gasteiger partial charge is 0.481 e. The van der Waals surface area contributed by atoms with E-state index in [2.05, 4.69) is 15.4 Å². The molecule has 1 atom stereocenters. The molecule has 0 spiro atoms. The van der Waals surface area contributed by atoms with Crippen molar-refractivity contribution in [3.8, 4) is 5.69 Å². The highest BCUT2D eigenvalue weighted by molar-refractivity contribution is 5.70. The van der Waals surface area contributed by atoms with Crippen molar-refractivity contribution < 1.29 is 9.90 Å². The van der Waals surface area contributed by atoms with E-state index in [-0.39, 0.29) is 5.92 Å². The van der Waals surface area contributed by atoms with Crippen LogP contribution in [-0.4, -0.2) is 32.4 Å². The molecule has 2 N–H and O–H groups in total. The Balaban J connectivity index is 1.85. The molecule has 0 aliphatic heterocycles. The lowest BCUT2D eigenvalue weighted by molar-refractivity contribution is -0.142. The van der Waals surface area contributed by atoms with Crippen LogP contribution in [0.1, 0.15) is 25.8 Å². The maximum absolute atomic E-state index is 11.2. The Morgan fingerprint density at radius 1 is 1.32 bits per heavy atom. The smallest absolute Gasteiger partial charge is 0.307 e. The van der Waals surface area contributed by atoms with Crippen LogP contribution in [0.15, 0.2) is 36.9 Å². The summed E-state index contributed by atoms with van der Waals surface area (Å²) in [4.78, 5) is 15.1. The summed E-state index contributed by atoms with van der Waals surface area (Å²) in [5, 5.41) is 16.5. The number of nitrogens with one attached hydrogen (secondary N) is 1. The van der Waals surface area contributed by atoms with E-state index in [0.29, 0.717) is 25.4 Å². The number of carboxylic acids is 1. The second kappa shape index (κ2) is 7.70. The summed E-state index contributed by atoms with van der Waals surface area (Å²) in [7, 11) is 0. The molecule has 22 heavy (non-hydrogen) atoms. The Morgan fingerprint density at radius 3 is 2.59 bits per heavy atom. The zero-order valence-electron chi connectivity index (χ0n) is 12.9. The van der Waals surface area contributed by atoms with E-state index in [0.717, 1.165) is 11.3 Å². The Hall–Kier alpha value is -2.21. The van der Waals surface area contributed by atoms with Gasteiger partial charge in [-0.2, -0.15) is 5.10 Å². The van der Waals surface area contributed by atoms with Crippen molar-refractivity contribution >= 4 is 5.97 Å². The van der Waals surface area contributed by atoms with E-state index < -0.39 is 5.97 Å². The van der Waals surface area contributed by atoms with Crippen LogP contribution in [0.2, 0.25) is 0 Å². The second-order valence-corrected chi connectivity index (χ2v) is 5.80. The number of hydrogen-bond donors (Lipinski definition) is 2. The van der Waals surface area contributed by atoms with E-state index in [9.17, 15) is 9.90 Å². The summed E-state index contributed by atoms with van der Waals surface area (Å²) in [5.41, 5.74) is 2.06. The van der Waals surface area contributed by atoms with Gasteiger partial charge in [-0.1, -0.05) is 26.0 Å². The maximum atomic E-state index is 11.2. The second-order valence-electron chi connectivity index (χ2n) is 5.80. The molecule has 118 valence electrons. The molecule has 1 unspecified atom stereocenters. The van der Waals surface area contributed by atoms with Crippen molar-refractivity contribution in [3.05, 3.63) is 42.5 Å². The van der Waals surface area contributed by atoms with Crippen LogP contribution in [0.4, 0.5) is 0 Å². The molecule has 6 heteroatoms. The van der Waals surface area contributed by atoms with E-state index in [1.165, 1.54) is 6.33 Å². The molecule has 0 aliphatic carbocycles. The number of rotatable bonds is 8. The first-order valence-electron chi connectivity index (χ1n) is 7.43. The zero-order chi connectivity index (χ0) is 15.9. The van der Waals surface area contributed by atoms with Crippen LogP contribution in [0.5, 0.6) is 0 Å². The SMILES string of the molecule is CC(C)CC(CNCc1ccc(-n2cncn2)cc1)C(=O)O. The lowest BCUT2D eigenvalue weighted by Gasteiger charge is -2.15. The van der Waals surface area contributed by atoms with Gasteiger partial charge in [0.05, 0.1) is 11.6 Å². The minimum Gasteiger partial charge on any atom is -0.481 e. The minimum atomic E-state index is -0.734. The predicted octanol–water partition coefficient (Wildman–Crippen LogP) is 2.10. The summed E-state index contributed by atoms with van der Waals surface area (Å²) < 4.78 is 1.69. The van der Waals surface area contributed by atoms with Crippen LogP contribution in [0.25, 0.3) is 5.69 Å². The van der Waals surface area contributed by atoms with Gasteiger partial charge in [0, 0.05) is 13.1 Å². The van der Waals surface area contributed by atoms with Crippen LogP contribution < -0.4 is 5.32 Å². The highest BCUT2D eigenvalue weighted by Gasteiger charge is 2.18. The molecular weight excluding hydrogens is 280 g/mol. The number of benzene rings is 1. The molecule has 2 rings (SSSR count). The van der Waals surface area contributed by atoms with E-state index in [1.807, 2.05) is 38.1 Å². The molecule has 2 aromatic rings. The number of aliphatic carboxylic acids is 1. The van der Waals surface area contributed by atoms with Crippen molar-refractivity contribution in [2.45, 2.75) is 26.8 Å². The molecule has 1 heterocycles. The molecule has 0 radical (unpaired) electrons. The molecule has 0 aliphatic rings. The van der Waals surface area contributed by atoms with Crippen molar-refractivity contribution in [3.63, 3.8) is 0 Å². The van der Waals surface area contributed by atoms with Gasteiger partial charge in [-0.15, -0.1) is 0 Å². The molecule has 1 aromatic carbocycles. The van der Waals surface area contributed by atoms with Crippen molar-refractivity contribution in [1.82, 2.24) is 20.1 Å². The first-order chi connectivity index (χ1) is 10.6. The maximum Gasteiger partial charge on any atom is 0.307 e. The van der Waals surface area contributed by atoms with Gasteiger partial charge in [-0.05, 0) is 30.0 Å². The topological polar surface area (TPSA) is 80.0 Å². The van der Waals surface area contributed by atoms with Gasteiger partial charge in [0.15, 0.2) is 0 Å². The number of carbonyl (C=O) groups is 1. The zero-order valence-corrected chi connectivity index (χ0v) is 12.9. The summed E-state index contributed by atoms with van der Waals surface area (Å²) in [6, 6.07) is 7.94. The third-order valence-electron chi connectivity index (χ3n) is 3.44. The van der Waals surface area contributed by atoms with E-state index in [1.54, 1.807) is 11.0 Å². The monoisotopic (exact) mass is 302 g/mol. The number of carboxylic acid groups (broad SMARTS) is 1. The Morgan fingerprint density at radius 2 is 2.05 bits per heavy atom. The predicted molar refractivity (Wildman–Crippen MR) is 83.6 cm³/mol. The van der Waals surface area contributed by atoms with Gasteiger partial charge < -0.3 is 10.4 Å². The number of hydrogen-bond acceptors (Lipinski definition) is 4. The van der Waals surface area contributed by atoms with Gasteiger partial charge in [0.1, 0.15) is 12.7 Å². The summed E-state index contributed by atoms with van der Waals surface area (Å²) >= 11 is 0. The molecule has 0 saturated heterocycles. The number of nitrogens with zero attached hydrogens (tertiary/aromatic N) is 3. The van der Waals surface area contributed by atoms with Gasteiger partial charge in [-0.3, -0.25) is 4.79 Å². The normalized spacial score (nSPS) is 12.5. The summed E-state index contributed by atoms with van der Waals surface area (Å²) in [6.45, 7) is 5.22. The first kappa shape index (κ1) is 16.2. The fourth-order valence-corrected chi connectivity index (χ4v) is 2.34. The third-order valence-corrected chi connectivity index (χ3v) is 3.44. The van der Waals surface area contributed by atoms with Crippen LogP contribution in [-0.2, 0) is 11.3 Å². The highest BCUT2D eigenvalue weighted by atomic mass is 16.4. The average Bonchev–Trinajstić information content (AvgIpc) is 3.00. The Kier molecular flexibility index (Phi) is 5.66. The van der Waals surface area contributed by atoms with Crippen molar-refractivity contribution in [1.29, 1.82) is 0 Å². The minimum absolute atomic E-state index is 0.338. The lowest BCUT2D eigenvalue weighted by Crippen LogP contribution is -2.29. The number of aromatic nitrogens is 3. The molecule has 0 bridgehead atoms. The van der Waals surface area contributed by atoms with Crippen LogP contribution in [0, 0.1) is 11.8 Å². The van der Waals surface area contributed by atoms with Gasteiger partial charge in [0.25, 0.3) is 0 Å². The standard InChI is InChI=1S/C16H22N4O2/c1-12(2)7-14(16(21)22)9-17-8-13-3-5-15(6-4-13)20-11-18-10-19-20/h3-6,10-12,14,17H,7-9H2,1-2H3,(H,21,22). The van der Waals surface area contributed by atoms with E-state index >= 15 is 0 Å². The van der Waals surface area contributed by atoms with E-state index in [4.69, 9.17) is 0 Å². The quantitative estimate of drug-likeness (QED) is 0.780. The highest BCUT2D eigenvalue weighted by Crippen LogP contribution is 2.12. The summed E-state index contributed by atoms with van der Waals surface area (Å²) in [5.74, 6) is -0.693. The molecular formula is C16H22N4O2. The van der Waals surface area contributed by atoms with Gasteiger partial charge in [-0.25, -0.2) is 9.67 Å². The first-order valence-corrected chi connectivity index (χ1v) is 7.43. The molecule has 0 fully saturated rings. The molecule has 0 amide bonds. The van der Waals surface area contributed by atoms with Gasteiger partial charge in [0.2, 0.25) is 0 Å². The molecule has 6 nitrogen and oxygen atoms in total. The third kappa shape index (κ3) is 4.66. The Labute approximate surface area is 130 Å². The van der Waals surface area contributed by atoms with Gasteiger partial charge >= 0.3 is 5.97 Å². The molecule has 0 saturated carbocycles. The average molecular weight is 302 g/mol. The van der Waals surface area contributed by atoms with Crippen molar-refractivity contribution in [2.75, 3.05) is 6.54 Å². The Bertz CT molecular complexity index is 579. The fraction of sp³-hybridized carbons (Fsp3) is 0.438. The summed E-state index contributed by atoms with van der Waals surface area (Å²) in [6.07, 6.45) is 3.83. The lowest BCUT2D eigenvalue weighted by atomic mass is 9.97. The molecule has 1 aromatic heterocycles.